The van der Waals surface area contributed by atoms with Gasteiger partial charge in [-0.1, -0.05) is 30.3 Å². The molecule has 0 aliphatic carbocycles. The molecule has 0 saturated heterocycles. The lowest BCUT2D eigenvalue weighted by Crippen LogP contribution is -2.12. The number of nitriles is 1. The van der Waals surface area contributed by atoms with Crippen LogP contribution in [0.2, 0.25) is 0 Å². The monoisotopic (exact) mass is 252 g/mol. The van der Waals surface area contributed by atoms with Gasteiger partial charge in [0.15, 0.2) is 0 Å². The first-order chi connectivity index (χ1) is 9.20. The highest BCUT2D eigenvalue weighted by Crippen LogP contribution is 2.12. The lowest BCUT2D eigenvalue weighted by molar-refractivity contribution is -0.111. The Hall–Kier alpha value is -2.87. The average molecular weight is 252 g/mol. The lowest BCUT2D eigenvalue weighted by Gasteiger charge is -2.02. The van der Waals surface area contributed by atoms with E-state index in [1.807, 2.05) is 36.4 Å². The van der Waals surface area contributed by atoms with E-state index in [0.29, 0.717) is 11.4 Å². The molecule has 0 saturated carbocycles. The molecule has 1 aromatic heterocycles. The molecule has 0 aliphatic heterocycles. The largest absolute Gasteiger partial charge is 0.306 e. The molecule has 0 unspecified atom stereocenters. The van der Waals surface area contributed by atoms with Crippen LogP contribution in [-0.4, -0.2) is 15.7 Å². The number of rotatable bonds is 3. The quantitative estimate of drug-likeness (QED) is 0.848. The maximum atomic E-state index is 11.8. The number of benzene rings is 1. The molecule has 0 atom stereocenters. The van der Waals surface area contributed by atoms with Crippen LogP contribution in [0.15, 0.2) is 42.6 Å². The molecule has 0 fully saturated rings. The standard InChI is InChI=1S/C14H12N4O/c1-18-14(12(9-15)10-16-18)17-13(19)8-7-11-5-3-2-4-6-11/h2-8,10H,1H3,(H,17,19)/b8-7+. The predicted molar refractivity (Wildman–Crippen MR) is 72.0 cm³/mol. The van der Waals surface area contributed by atoms with Crippen LogP contribution in [0.4, 0.5) is 5.82 Å². The number of nitrogens with one attached hydrogen (secondary N) is 1. The summed E-state index contributed by atoms with van der Waals surface area (Å²) in [5.74, 6) is 0.0918. The summed E-state index contributed by atoms with van der Waals surface area (Å²) in [6.45, 7) is 0. The van der Waals surface area contributed by atoms with Crippen molar-refractivity contribution < 1.29 is 4.79 Å². The van der Waals surface area contributed by atoms with Crippen molar-refractivity contribution in [3.8, 4) is 6.07 Å². The van der Waals surface area contributed by atoms with E-state index in [1.54, 1.807) is 13.1 Å². The molecule has 19 heavy (non-hydrogen) atoms. The first-order valence-electron chi connectivity index (χ1n) is 5.67. The molecule has 1 N–H and O–H groups in total. The average Bonchev–Trinajstić information content (AvgIpc) is 2.78. The van der Waals surface area contributed by atoms with Crippen molar-refractivity contribution in [2.75, 3.05) is 5.32 Å². The Morgan fingerprint density at radius 1 is 1.42 bits per heavy atom. The third-order valence-corrected chi connectivity index (χ3v) is 2.53. The van der Waals surface area contributed by atoms with Crippen molar-refractivity contribution in [2.24, 2.45) is 7.05 Å². The number of amides is 1. The van der Waals surface area contributed by atoms with Crippen molar-refractivity contribution in [1.29, 1.82) is 5.26 Å². The summed E-state index contributed by atoms with van der Waals surface area (Å²) in [7, 11) is 1.66. The van der Waals surface area contributed by atoms with Gasteiger partial charge in [-0.05, 0) is 11.6 Å². The highest BCUT2D eigenvalue weighted by atomic mass is 16.1. The molecule has 0 radical (unpaired) electrons. The van der Waals surface area contributed by atoms with E-state index in [-0.39, 0.29) is 5.91 Å². The lowest BCUT2D eigenvalue weighted by atomic mass is 10.2. The molecule has 0 bridgehead atoms. The van der Waals surface area contributed by atoms with Crippen LogP contribution in [0.5, 0.6) is 0 Å². The van der Waals surface area contributed by atoms with Crippen molar-refractivity contribution >= 4 is 17.8 Å². The fourth-order valence-corrected chi connectivity index (χ4v) is 1.56. The smallest absolute Gasteiger partial charge is 0.249 e. The SMILES string of the molecule is Cn1ncc(C#N)c1NC(=O)/C=C/c1ccccc1. The number of hydrogen-bond acceptors (Lipinski definition) is 3. The van der Waals surface area contributed by atoms with E-state index in [9.17, 15) is 4.79 Å². The molecule has 94 valence electrons. The van der Waals surface area contributed by atoms with Crippen LogP contribution >= 0.6 is 0 Å². The zero-order valence-corrected chi connectivity index (χ0v) is 10.4. The number of anilines is 1. The van der Waals surface area contributed by atoms with Gasteiger partial charge in [-0.25, -0.2) is 0 Å². The van der Waals surface area contributed by atoms with E-state index < -0.39 is 0 Å². The van der Waals surface area contributed by atoms with Crippen LogP contribution < -0.4 is 5.32 Å². The molecule has 5 heteroatoms. The molecule has 1 amide bonds. The molecule has 5 nitrogen and oxygen atoms in total. The minimum absolute atomic E-state index is 0.302. The molecular formula is C14H12N4O. The Balaban J connectivity index is 2.08. The van der Waals surface area contributed by atoms with Gasteiger partial charge in [0.25, 0.3) is 0 Å². The fourth-order valence-electron chi connectivity index (χ4n) is 1.56. The molecule has 0 aliphatic rings. The zero-order chi connectivity index (χ0) is 13.7. The van der Waals surface area contributed by atoms with Crippen LogP contribution in [0.1, 0.15) is 11.1 Å². The minimum atomic E-state index is -0.302. The number of carbonyl (C=O) groups excluding carboxylic acids is 1. The topological polar surface area (TPSA) is 70.7 Å². The number of carbonyl (C=O) groups is 1. The maximum absolute atomic E-state index is 11.8. The first kappa shape index (κ1) is 12.6. The Kier molecular flexibility index (Phi) is 3.74. The normalized spacial score (nSPS) is 10.3. The summed E-state index contributed by atoms with van der Waals surface area (Å²) >= 11 is 0. The second-order valence-corrected chi connectivity index (χ2v) is 3.88. The number of hydrogen-bond donors (Lipinski definition) is 1. The van der Waals surface area contributed by atoms with Crippen molar-refractivity contribution in [1.82, 2.24) is 9.78 Å². The maximum Gasteiger partial charge on any atom is 0.249 e. The zero-order valence-electron chi connectivity index (χ0n) is 10.4. The molecule has 2 rings (SSSR count). The van der Waals surface area contributed by atoms with Gasteiger partial charge in [-0.2, -0.15) is 10.4 Å². The third kappa shape index (κ3) is 3.07. The second kappa shape index (κ2) is 5.65. The summed E-state index contributed by atoms with van der Waals surface area (Å²) in [5, 5.41) is 15.4. The first-order valence-corrected chi connectivity index (χ1v) is 5.67. The molecule has 2 aromatic rings. The summed E-state index contributed by atoms with van der Waals surface area (Å²) in [5.41, 5.74) is 1.27. The molecule has 1 aromatic carbocycles. The molecular weight excluding hydrogens is 240 g/mol. The van der Waals surface area contributed by atoms with Gasteiger partial charge in [0, 0.05) is 13.1 Å². The van der Waals surface area contributed by atoms with Crippen LogP contribution in [0.3, 0.4) is 0 Å². The molecule has 0 spiro atoms. The summed E-state index contributed by atoms with van der Waals surface area (Å²) in [4.78, 5) is 11.8. The highest BCUT2D eigenvalue weighted by Gasteiger charge is 2.09. The van der Waals surface area contributed by atoms with E-state index >= 15 is 0 Å². The Labute approximate surface area is 110 Å². The van der Waals surface area contributed by atoms with E-state index in [0.717, 1.165) is 5.56 Å². The minimum Gasteiger partial charge on any atom is -0.306 e. The van der Waals surface area contributed by atoms with Gasteiger partial charge in [0.1, 0.15) is 17.5 Å². The van der Waals surface area contributed by atoms with Gasteiger partial charge >= 0.3 is 0 Å². The Morgan fingerprint density at radius 3 is 2.84 bits per heavy atom. The number of nitrogens with zero attached hydrogens (tertiary/aromatic N) is 3. The Bertz CT molecular complexity index is 650. The van der Waals surface area contributed by atoms with Gasteiger partial charge < -0.3 is 5.32 Å². The summed E-state index contributed by atoms with van der Waals surface area (Å²) < 4.78 is 1.45. The van der Waals surface area contributed by atoms with Gasteiger partial charge in [0.05, 0.1) is 6.20 Å². The van der Waals surface area contributed by atoms with Gasteiger partial charge in [-0.3, -0.25) is 9.48 Å². The fraction of sp³-hybridized carbons (Fsp3) is 0.0714. The van der Waals surface area contributed by atoms with Crippen LogP contribution in [-0.2, 0) is 11.8 Å². The van der Waals surface area contributed by atoms with Gasteiger partial charge in [-0.15, -0.1) is 0 Å². The third-order valence-electron chi connectivity index (χ3n) is 2.53. The second-order valence-electron chi connectivity index (χ2n) is 3.88. The van der Waals surface area contributed by atoms with E-state index in [1.165, 1.54) is 17.0 Å². The van der Waals surface area contributed by atoms with Crippen LogP contribution in [0.25, 0.3) is 6.08 Å². The Morgan fingerprint density at radius 2 is 2.16 bits per heavy atom. The summed E-state index contributed by atoms with van der Waals surface area (Å²) in [6, 6.07) is 11.5. The van der Waals surface area contributed by atoms with E-state index in [4.69, 9.17) is 5.26 Å². The number of aromatic nitrogens is 2. The van der Waals surface area contributed by atoms with Crippen molar-refractivity contribution in [3.05, 3.63) is 53.7 Å². The van der Waals surface area contributed by atoms with Crippen molar-refractivity contribution in [3.63, 3.8) is 0 Å². The van der Waals surface area contributed by atoms with Crippen molar-refractivity contribution in [2.45, 2.75) is 0 Å². The highest BCUT2D eigenvalue weighted by molar-refractivity contribution is 6.02. The van der Waals surface area contributed by atoms with Crippen LogP contribution in [0, 0.1) is 11.3 Å². The predicted octanol–water partition coefficient (Wildman–Crippen LogP) is 1.94. The van der Waals surface area contributed by atoms with Gasteiger partial charge in [0.2, 0.25) is 5.91 Å². The number of aryl methyl sites for hydroxylation is 1. The summed E-state index contributed by atoms with van der Waals surface area (Å²) in [6.07, 6.45) is 4.54. The van der Waals surface area contributed by atoms with E-state index in [2.05, 4.69) is 10.4 Å². The molecule has 1 heterocycles.